The van der Waals surface area contributed by atoms with Crippen molar-refractivity contribution < 1.29 is 29.6 Å². The number of aromatic nitrogens is 2. The minimum Gasteiger partial charge on any atom is -0.451 e. The maximum atomic E-state index is 12.7. The summed E-state index contributed by atoms with van der Waals surface area (Å²) < 4.78 is 5.36. The molecule has 9 nitrogen and oxygen atoms in total. The van der Waals surface area contributed by atoms with E-state index in [1.165, 1.54) is 154 Å². The first kappa shape index (κ1) is 52.2. The van der Waals surface area contributed by atoms with Crippen molar-refractivity contribution in [3.05, 3.63) is 18.2 Å². The van der Waals surface area contributed by atoms with Crippen LogP contribution in [-0.4, -0.2) is 68.5 Å². The zero-order valence-electron chi connectivity index (χ0n) is 35.2. The number of ether oxygens (including phenoxy) is 1. The largest absolute Gasteiger partial charge is 0.451 e. The molecule has 0 fully saturated rings. The van der Waals surface area contributed by atoms with Gasteiger partial charge >= 0.3 is 5.97 Å². The molecule has 0 amide bonds. The van der Waals surface area contributed by atoms with E-state index in [0.717, 1.165) is 44.2 Å². The lowest BCUT2D eigenvalue weighted by atomic mass is 10.0. The Kier molecular flexibility index (Phi) is 39.5. The van der Waals surface area contributed by atoms with Gasteiger partial charge in [-0.1, -0.05) is 194 Å². The summed E-state index contributed by atoms with van der Waals surface area (Å²) in [6.07, 6.45) is 39.8. The number of aliphatic hydroxyl groups excluding tert-OH is 3. The smallest absolute Gasteiger partial charge is 0.306 e. The molecular weight excluding hydrogens is 679 g/mol. The van der Waals surface area contributed by atoms with Gasteiger partial charge in [-0.2, -0.15) is 0 Å². The van der Waals surface area contributed by atoms with Crippen molar-refractivity contribution in [2.45, 2.75) is 244 Å². The predicted octanol–water partition coefficient (Wildman–Crippen LogP) is 10.6. The summed E-state index contributed by atoms with van der Waals surface area (Å²) >= 11 is 0. The molecule has 9 heteroatoms. The lowest BCUT2D eigenvalue weighted by molar-refractivity contribution is -0.163. The highest BCUT2D eigenvalue weighted by Gasteiger charge is 2.29. The molecular formula is C45H87N3O6. The van der Waals surface area contributed by atoms with Gasteiger partial charge in [0.05, 0.1) is 19.5 Å². The van der Waals surface area contributed by atoms with Crippen molar-refractivity contribution in [1.82, 2.24) is 9.97 Å². The van der Waals surface area contributed by atoms with Gasteiger partial charge in [-0.25, -0.2) is 4.98 Å². The second kappa shape index (κ2) is 40.8. The first-order valence-electron chi connectivity index (χ1n) is 22.7. The molecule has 0 bridgehead atoms. The number of ketones is 1. The first-order valence-corrected chi connectivity index (χ1v) is 22.7. The zero-order valence-corrected chi connectivity index (χ0v) is 35.2. The highest BCUT2D eigenvalue weighted by atomic mass is 16.6. The highest BCUT2D eigenvalue weighted by Crippen LogP contribution is 2.17. The zero-order chi connectivity index (χ0) is 39.7. The molecule has 0 aromatic carbocycles. The molecule has 1 aromatic rings. The number of nitrogens with one attached hydrogen (secondary N) is 1. The maximum absolute atomic E-state index is 12.7. The van der Waals surface area contributed by atoms with Crippen LogP contribution in [0, 0.1) is 0 Å². The minimum atomic E-state index is -1.34. The van der Waals surface area contributed by atoms with Gasteiger partial charge in [0.2, 0.25) is 0 Å². The molecule has 0 aliphatic heterocycles. The van der Waals surface area contributed by atoms with E-state index in [4.69, 9.17) is 15.6 Å². The van der Waals surface area contributed by atoms with Crippen LogP contribution in [0.5, 0.6) is 0 Å². The molecule has 0 spiro atoms. The SMILES string of the molecule is CCCCCCCCCCCCCCCCCC(=O)OC(C(=O)CCCCCCCCCCCCCCCCC)C(O)CO.NC(CO)Cc1cnc[nH]1. The molecule has 0 aliphatic carbocycles. The van der Waals surface area contributed by atoms with Crippen molar-refractivity contribution in [3.8, 4) is 0 Å². The van der Waals surface area contributed by atoms with Crippen molar-refractivity contribution in [3.63, 3.8) is 0 Å². The van der Waals surface area contributed by atoms with E-state index >= 15 is 0 Å². The Bertz CT molecular complexity index is 915. The molecule has 0 saturated carbocycles. The lowest BCUT2D eigenvalue weighted by Gasteiger charge is -2.20. The number of hydrogen-bond acceptors (Lipinski definition) is 8. The fourth-order valence-corrected chi connectivity index (χ4v) is 6.85. The van der Waals surface area contributed by atoms with Gasteiger partial charge in [-0.3, -0.25) is 9.59 Å². The molecule has 3 unspecified atom stereocenters. The summed E-state index contributed by atoms with van der Waals surface area (Å²) in [5, 5.41) is 28.1. The Morgan fingerprint density at radius 3 is 1.31 bits per heavy atom. The molecule has 0 aliphatic rings. The van der Waals surface area contributed by atoms with E-state index in [9.17, 15) is 19.8 Å². The summed E-state index contributed by atoms with van der Waals surface area (Å²) in [6, 6.07) is -0.180. The van der Waals surface area contributed by atoms with Crippen LogP contribution in [0.25, 0.3) is 0 Å². The summed E-state index contributed by atoms with van der Waals surface area (Å²) in [5.74, 6) is -0.715. The second-order valence-corrected chi connectivity index (χ2v) is 15.7. The fourth-order valence-electron chi connectivity index (χ4n) is 6.85. The highest BCUT2D eigenvalue weighted by molar-refractivity contribution is 5.86. The Balaban J connectivity index is 0.00000240. The molecule has 1 rings (SSSR count). The van der Waals surface area contributed by atoms with E-state index in [1.54, 1.807) is 12.5 Å². The topological polar surface area (TPSA) is 159 Å². The van der Waals surface area contributed by atoms with Gasteiger partial charge in [0, 0.05) is 37.2 Å². The van der Waals surface area contributed by atoms with Gasteiger partial charge in [-0.15, -0.1) is 0 Å². The van der Waals surface area contributed by atoms with Crippen molar-refractivity contribution in [2.24, 2.45) is 5.73 Å². The molecule has 1 aromatic heterocycles. The maximum Gasteiger partial charge on any atom is 0.306 e. The number of carbonyl (C=O) groups is 2. The summed E-state index contributed by atoms with van der Waals surface area (Å²) in [6.45, 7) is 3.96. The molecule has 0 radical (unpaired) electrons. The van der Waals surface area contributed by atoms with Gasteiger partial charge < -0.3 is 30.8 Å². The number of H-pyrrole nitrogens is 1. The number of imidazole rings is 1. The van der Waals surface area contributed by atoms with E-state index in [0.29, 0.717) is 6.42 Å². The number of rotatable bonds is 39. The number of hydrogen-bond donors (Lipinski definition) is 5. The monoisotopic (exact) mass is 766 g/mol. The van der Waals surface area contributed by atoms with Crippen LogP contribution < -0.4 is 5.73 Å². The average Bonchev–Trinajstić information content (AvgIpc) is 3.69. The molecule has 54 heavy (non-hydrogen) atoms. The molecule has 0 saturated heterocycles. The summed E-state index contributed by atoms with van der Waals surface area (Å²) in [5.41, 5.74) is 6.43. The molecule has 318 valence electrons. The van der Waals surface area contributed by atoms with E-state index < -0.39 is 24.8 Å². The Labute approximate surface area is 331 Å². The number of nitrogens with two attached hydrogens (primary N) is 1. The summed E-state index contributed by atoms with van der Waals surface area (Å²) in [7, 11) is 0. The van der Waals surface area contributed by atoms with Crippen molar-refractivity contribution >= 4 is 11.8 Å². The third kappa shape index (κ3) is 34.7. The number of aliphatic hydroxyl groups is 3. The van der Waals surface area contributed by atoms with Gasteiger partial charge in [0.1, 0.15) is 6.10 Å². The number of carbonyl (C=O) groups excluding carboxylic acids is 2. The van der Waals surface area contributed by atoms with Crippen molar-refractivity contribution in [1.29, 1.82) is 0 Å². The Morgan fingerprint density at radius 1 is 0.611 bits per heavy atom. The van der Waals surface area contributed by atoms with E-state index in [1.807, 2.05) is 0 Å². The Morgan fingerprint density at radius 2 is 0.981 bits per heavy atom. The van der Waals surface area contributed by atoms with Crippen LogP contribution >= 0.6 is 0 Å². The lowest BCUT2D eigenvalue weighted by Crippen LogP contribution is -2.40. The fraction of sp³-hybridized carbons (Fsp3) is 0.889. The van der Waals surface area contributed by atoms with E-state index in [-0.39, 0.29) is 31.3 Å². The van der Waals surface area contributed by atoms with Gasteiger partial charge in [0.25, 0.3) is 0 Å². The number of aromatic amines is 1. The first-order chi connectivity index (χ1) is 26.4. The quantitative estimate of drug-likeness (QED) is 0.0327. The third-order valence-corrected chi connectivity index (χ3v) is 10.4. The van der Waals surface area contributed by atoms with E-state index in [2.05, 4.69) is 23.8 Å². The van der Waals surface area contributed by atoms with Crippen LogP contribution in [0.2, 0.25) is 0 Å². The minimum absolute atomic E-state index is 0.0129. The second-order valence-electron chi connectivity index (χ2n) is 15.7. The predicted molar refractivity (Wildman–Crippen MR) is 224 cm³/mol. The van der Waals surface area contributed by atoms with Crippen LogP contribution in [0.3, 0.4) is 0 Å². The molecule has 6 N–H and O–H groups in total. The van der Waals surface area contributed by atoms with Crippen LogP contribution in [0.1, 0.15) is 225 Å². The molecule has 1 heterocycles. The van der Waals surface area contributed by atoms with Gasteiger partial charge in [0.15, 0.2) is 11.9 Å². The average molecular weight is 766 g/mol. The summed E-state index contributed by atoms with van der Waals surface area (Å²) in [4.78, 5) is 31.8. The number of unbranched alkanes of at least 4 members (excludes halogenated alkanes) is 28. The van der Waals surface area contributed by atoms with Gasteiger partial charge in [-0.05, 0) is 12.8 Å². The third-order valence-electron chi connectivity index (χ3n) is 10.4. The standard InChI is InChI=1S/C39H76O5.C6H11N3O/c1-3-5-7-9-11-13-15-17-19-21-23-25-27-29-31-33-36(41)39(37(42)35-40)44-38(43)34-32-30-28-26-24-22-20-18-16-14-12-10-8-6-4-2;7-5(3-10)1-6-2-8-4-9-6/h37,39-40,42H,3-35H2,1-2H3;2,4-5,10H,1,3,7H2,(H,8,9). The van der Waals surface area contributed by atoms with Crippen LogP contribution in [-0.2, 0) is 20.7 Å². The normalized spacial score (nSPS) is 12.9. The number of nitrogens with zero attached hydrogens (tertiary/aromatic N) is 1. The van der Waals surface area contributed by atoms with Crippen molar-refractivity contribution in [2.75, 3.05) is 13.2 Å². The number of Topliss-reactive ketones (excluding diaryl/α,β-unsaturated/α-hetero) is 1. The van der Waals surface area contributed by atoms with Crippen LogP contribution in [0.15, 0.2) is 12.5 Å². The Hall–Kier alpha value is -1.81. The van der Waals surface area contributed by atoms with Crippen LogP contribution in [0.4, 0.5) is 0 Å². The number of esters is 1. The molecule has 3 atom stereocenters.